The predicted octanol–water partition coefficient (Wildman–Crippen LogP) is -12.1. The van der Waals surface area contributed by atoms with Crippen molar-refractivity contribution in [2.45, 2.75) is 6.18 Å². The average molecular weight is 290 g/mol. The summed E-state index contributed by atoms with van der Waals surface area (Å²) in [6.45, 7) is 0. The Hall–Kier alpha value is 3.44. The van der Waals surface area contributed by atoms with Gasteiger partial charge in [0.15, 0.2) is 0 Å². The monoisotopic (exact) mass is 290 g/mol. The maximum Gasteiger partial charge on any atom is 1.00 e. The van der Waals surface area contributed by atoms with E-state index in [1.54, 1.807) is 0 Å². The van der Waals surface area contributed by atoms with Crippen LogP contribution in [-0.4, -0.2) is 18.3 Å². The van der Waals surface area contributed by atoms with Crippen molar-refractivity contribution in [2.75, 3.05) is 0 Å². The fraction of sp³-hybridized carbons (Fsp3) is 0.333. The number of halogens is 3. The zero-order chi connectivity index (χ0) is 9.65. The van der Waals surface area contributed by atoms with Gasteiger partial charge in [0.2, 0.25) is 0 Å². The second-order valence-electron chi connectivity index (χ2n) is 1.04. The van der Waals surface area contributed by atoms with E-state index in [-0.39, 0.29) is 154 Å². The van der Waals surface area contributed by atoms with Crippen molar-refractivity contribution < 1.29 is 192 Å². The topological polar surface area (TPSA) is 103 Å². The minimum atomic E-state index is -5.19. The molecule has 0 amide bonds. The van der Waals surface area contributed by atoms with Crippen LogP contribution in [0.25, 0.3) is 0 Å². The van der Waals surface area contributed by atoms with E-state index in [0.29, 0.717) is 0 Å². The van der Waals surface area contributed by atoms with E-state index < -0.39 is 18.3 Å². The Labute approximate surface area is 204 Å². The van der Waals surface area contributed by atoms with Gasteiger partial charge in [0.05, 0.1) is 0 Å². The van der Waals surface area contributed by atoms with Crippen molar-refractivity contribution >= 4 is 12.1 Å². The van der Waals surface area contributed by atoms with E-state index in [1.807, 2.05) is 0 Å². The van der Waals surface area contributed by atoms with Gasteiger partial charge in [0.1, 0.15) is 5.97 Å². The maximum atomic E-state index is 10.5. The largest absolute Gasteiger partial charge is 1.00 e. The van der Waals surface area contributed by atoms with Crippen LogP contribution in [0.3, 0.4) is 0 Å². The van der Waals surface area contributed by atoms with Crippen molar-refractivity contribution in [3.8, 4) is 0 Å². The van der Waals surface area contributed by atoms with Crippen molar-refractivity contribution in [1.82, 2.24) is 0 Å². The van der Waals surface area contributed by atoms with Crippen LogP contribution >= 0.6 is 0 Å². The zero-order valence-corrected chi connectivity index (χ0v) is 17.0. The number of carboxylic acids is 1. The molecule has 0 aliphatic rings. The first-order valence-corrected chi connectivity index (χ1v) is 1.84. The smallest absolute Gasteiger partial charge is 0.652 e. The molecule has 14 heavy (non-hydrogen) atoms. The van der Waals surface area contributed by atoms with Crippen LogP contribution in [0.4, 0.5) is 18.0 Å². The summed E-state index contributed by atoms with van der Waals surface area (Å²) in [5, 5.41) is 25.5. The molecule has 0 aromatic rings. The maximum absolute atomic E-state index is 10.5. The minimum absolute atomic E-state index is 0. The van der Waals surface area contributed by atoms with E-state index >= 15 is 0 Å². The molecule has 0 radical (unpaired) electrons. The Kier molecular flexibility index (Phi) is 35.8. The molecule has 66 valence electrons. The second kappa shape index (κ2) is 16.4. The number of carbonyl (C=O) groups is 2. The first kappa shape index (κ1) is 30.5. The van der Waals surface area contributed by atoms with Crippen LogP contribution in [0, 0.1) is 0 Å². The van der Waals surface area contributed by atoms with Crippen LogP contribution in [0.1, 0.15) is 0 Å². The van der Waals surface area contributed by atoms with Gasteiger partial charge in [0, 0.05) is 0 Å². The SMILES string of the molecule is O=C([O-])C(F)(F)F.O=C([O-])[O-].[K+].[K+].[K+]. The Bertz CT molecular complexity index is 156. The fourth-order valence-corrected chi connectivity index (χ4v) is 0. The third-order valence-electron chi connectivity index (χ3n) is 0.231. The van der Waals surface area contributed by atoms with Gasteiger partial charge in [-0.1, -0.05) is 0 Å². The summed E-state index contributed by atoms with van der Waals surface area (Å²) < 4.78 is 31.5. The molecule has 5 nitrogen and oxygen atoms in total. The second-order valence-corrected chi connectivity index (χ2v) is 1.04. The summed E-state index contributed by atoms with van der Waals surface area (Å²) in [5.41, 5.74) is 0. The standard InChI is InChI=1S/C2HF3O2.CH2O3.3K/c3-2(4,5)1(6)7;2-1(3)4;;;/h(H,6,7);(H2,2,3,4);;;/q;;3*+1/p-3. The number of hydrogen-bond donors (Lipinski definition) is 0. The van der Waals surface area contributed by atoms with Crippen molar-refractivity contribution in [1.29, 1.82) is 0 Å². The molecule has 0 aromatic heterocycles. The number of carbonyl (C=O) groups excluding carboxylic acids is 2. The van der Waals surface area contributed by atoms with Crippen LogP contribution in [0.5, 0.6) is 0 Å². The normalized spacial score (nSPS) is 7.36. The van der Waals surface area contributed by atoms with Gasteiger partial charge in [-0.2, -0.15) is 13.2 Å². The third kappa shape index (κ3) is 36.1. The van der Waals surface area contributed by atoms with Gasteiger partial charge < -0.3 is 24.9 Å². The molecule has 0 aromatic carbocycles. The fourth-order valence-electron chi connectivity index (χ4n) is 0. The van der Waals surface area contributed by atoms with Crippen LogP contribution in [-0.2, 0) is 4.79 Å². The number of hydrogen-bond acceptors (Lipinski definition) is 5. The van der Waals surface area contributed by atoms with Gasteiger partial charge in [-0.25, -0.2) is 0 Å². The van der Waals surface area contributed by atoms with E-state index in [9.17, 15) is 13.2 Å². The molecule has 0 saturated heterocycles. The predicted molar refractivity (Wildman–Crippen MR) is 16.5 cm³/mol. The molecule has 11 heteroatoms. The van der Waals surface area contributed by atoms with E-state index in [1.165, 1.54) is 0 Å². The van der Waals surface area contributed by atoms with Gasteiger partial charge in [-0.3, -0.25) is 0 Å². The Morgan fingerprint density at radius 1 is 0.857 bits per heavy atom. The number of rotatable bonds is 0. The third-order valence-corrected chi connectivity index (χ3v) is 0.231. The number of carboxylic acid groups (broad SMARTS) is 3. The van der Waals surface area contributed by atoms with Crippen LogP contribution in [0.15, 0.2) is 0 Å². The van der Waals surface area contributed by atoms with Crippen molar-refractivity contribution in [3.05, 3.63) is 0 Å². The van der Waals surface area contributed by atoms with Crippen LogP contribution < -0.4 is 169 Å². The van der Waals surface area contributed by atoms with Crippen molar-refractivity contribution in [2.24, 2.45) is 0 Å². The molecule has 0 unspecified atom stereocenters. The zero-order valence-electron chi connectivity index (χ0n) is 7.68. The molecular weight excluding hydrogens is 290 g/mol. The molecule has 0 aliphatic carbocycles. The van der Waals surface area contributed by atoms with Crippen LogP contribution in [0.2, 0.25) is 0 Å². The number of alkyl halides is 3. The summed E-state index contributed by atoms with van der Waals surface area (Å²) in [6, 6.07) is 0. The Morgan fingerprint density at radius 3 is 0.929 bits per heavy atom. The average Bonchev–Trinajstić information content (AvgIpc) is 1.59. The van der Waals surface area contributed by atoms with Gasteiger partial charge in [-0.05, 0) is 6.16 Å². The summed E-state index contributed by atoms with van der Waals surface area (Å²) in [5.74, 6) is -3.01. The van der Waals surface area contributed by atoms with Gasteiger partial charge in [-0.15, -0.1) is 0 Å². The van der Waals surface area contributed by atoms with E-state index in [0.717, 1.165) is 0 Å². The van der Waals surface area contributed by atoms with Crippen molar-refractivity contribution in [3.63, 3.8) is 0 Å². The Balaban J connectivity index is -0.0000000347. The number of aliphatic carboxylic acids is 1. The summed E-state index contributed by atoms with van der Waals surface area (Å²) in [6.07, 6.45) is -7.53. The molecular formula is C3F3K3O5. The van der Waals surface area contributed by atoms with E-state index in [2.05, 4.69) is 0 Å². The summed E-state index contributed by atoms with van der Waals surface area (Å²) in [4.78, 5) is 17.1. The molecule has 0 bridgehead atoms. The Morgan fingerprint density at radius 2 is 0.929 bits per heavy atom. The first-order chi connectivity index (χ1) is 4.68. The molecule has 0 atom stereocenters. The first-order valence-electron chi connectivity index (χ1n) is 1.84. The minimum Gasteiger partial charge on any atom is -0.652 e. The molecule has 0 spiro atoms. The molecule has 0 fully saturated rings. The quantitative estimate of drug-likeness (QED) is 0.412. The van der Waals surface area contributed by atoms with Gasteiger partial charge >= 0.3 is 160 Å². The molecule has 0 rings (SSSR count). The molecule has 0 saturated carbocycles. The molecule has 0 N–H and O–H groups in total. The summed E-state index contributed by atoms with van der Waals surface area (Å²) >= 11 is 0. The summed E-state index contributed by atoms with van der Waals surface area (Å²) in [7, 11) is 0. The van der Waals surface area contributed by atoms with Gasteiger partial charge in [0.25, 0.3) is 0 Å². The molecule has 0 aliphatic heterocycles. The van der Waals surface area contributed by atoms with E-state index in [4.69, 9.17) is 24.9 Å². The molecule has 0 heterocycles.